The van der Waals surface area contributed by atoms with Gasteiger partial charge >= 0.3 is 0 Å². The van der Waals surface area contributed by atoms with Gasteiger partial charge in [0.25, 0.3) is 15.9 Å². The van der Waals surface area contributed by atoms with Gasteiger partial charge < -0.3 is 5.32 Å². The molecule has 0 saturated carbocycles. The molecule has 1 N–H and O–H groups in total. The van der Waals surface area contributed by atoms with Crippen molar-refractivity contribution >= 4 is 21.6 Å². The molecule has 0 unspecified atom stereocenters. The van der Waals surface area contributed by atoms with Crippen LogP contribution in [0.15, 0.2) is 83.8 Å². The molecule has 0 saturated heterocycles. The largest absolute Gasteiger partial charge is 0.346 e. The molecule has 0 aliphatic heterocycles. The number of carbonyl (C=O) groups excluding carboxylic acids is 1. The first-order valence-corrected chi connectivity index (χ1v) is 10.7. The normalized spacial score (nSPS) is 12.2. The van der Waals surface area contributed by atoms with Crippen LogP contribution in [0.4, 0.5) is 5.69 Å². The number of rotatable bonds is 6. The fourth-order valence-corrected chi connectivity index (χ4v) is 4.35. The predicted octanol–water partition coefficient (Wildman–Crippen LogP) is 4.31. The van der Waals surface area contributed by atoms with Gasteiger partial charge in [-0.05, 0) is 49.2 Å². The van der Waals surface area contributed by atoms with Crippen LogP contribution in [0.3, 0.4) is 0 Å². The Hall–Kier alpha value is -3.12. The van der Waals surface area contributed by atoms with E-state index in [9.17, 15) is 13.2 Å². The third-order valence-corrected chi connectivity index (χ3v) is 6.65. The molecular formula is C23H24N2O3S. The van der Waals surface area contributed by atoms with Crippen molar-refractivity contribution < 1.29 is 13.2 Å². The molecule has 1 amide bonds. The molecule has 0 spiro atoms. The minimum atomic E-state index is -3.72. The highest BCUT2D eigenvalue weighted by Crippen LogP contribution is 2.26. The Morgan fingerprint density at radius 2 is 1.52 bits per heavy atom. The Morgan fingerprint density at radius 1 is 0.931 bits per heavy atom. The van der Waals surface area contributed by atoms with Crippen molar-refractivity contribution in [1.82, 2.24) is 5.32 Å². The maximum atomic E-state index is 13.0. The summed E-state index contributed by atoms with van der Waals surface area (Å²) in [4.78, 5) is 13.0. The van der Waals surface area contributed by atoms with Crippen molar-refractivity contribution in [3.63, 3.8) is 0 Å². The second kappa shape index (κ2) is 8.49. The fraction of sp³-hybridized carbons (Fsp3) is 0.174. The number of nitrogens with zero attached hydrogens (tertiary/aromatic N) is 1. The van der Waals surface area contributed by atoms with Crippen LogP contribution in [0.1, 0.15) is 34.5 Å². The van der Waals surface area contributed by atoms with Crippen molar-refractivity contribution in [2.75, 3.05) is 11.4 Å². The predicted molar refractivity (Wildman–Crippen MR) is 116 cm³/mol. The van der Waals surface area contributed by atoms with Crippen LogP contribution in [0, 0.1) is 6.92 Å². The van der Waals surface area contributed by atoms with Crippen LogP contribution in [-0.4, -0.2) is 21.4 Å². The first-order valence-electron chi connectivity index (χ1n) is 9.31. The summed E-state index contributed by atoms with van der Waals surface area (Å²) in [6.07, 6.45) is 0. The molecule has 3 rings (SSSR count). The van der Waals surface area contributed by atoms with E-state index in [1.54, 1.807) is 48.5 Å². The highest BCUT2D eigenvalue weighted by atomic mass is 32.2. The summed E-state index contributed by atoms with van der Waals surface area (Å²) < 4.78 is 27.1. The van der Waals surface area contributed by atoms with Gasteiger partial charge in [0.05, 0.1) is 16.6 Å². The third kappa shape index (κ3) is 4.49. The molecule has 0 fully saturated rings. The van der Waals surface area contributed by atoms with Crippen LogP contribution in [-0.2, 0) is 10.0 Å². The van der Waals surface area contributed by atoms with E-state index >= 15 is 0 Å². The van der Waals surface area contributed by atoms with E-state index in [2.05, 4.69) is 5.32 Å². The Labute approximate surface area is 172 Å². The van der Waals surface area contributed by atoms with E-state index in [1.807, 2.05) is 44.2 Å². The average molecular weight is 409 g/mol. The Balaban J connectivity index is 1.87. The first-order chi connectivity index (χ1) is 13.8. The van der Waals surface area contributed by atoms with Gasteiger partial charge in [-0.2, -0.15) is 0 Å². The molecule has 5 nitrogen and oxygen atoms in total. The van der Waals surface area contributed by atoms with E-state index in [4.69, 9.17) is 0 Å². The van der Waals surface area contributed by atoms with Gasteiger partial charge in [0.15, 0.2) is 0 Å². The molecule has 3 aromatic carbocycles. The van der Waals surface area contributed by atoms with Crippen LogP contribution in [0.5, 0.6) is 0 Å². The van der Waals surface area contributed by atoms with Gasteiger partial charge in [0.2, 0.25) is 0 Å². The second-order valence-corrected chi connectivity index (χ2v) is 8.86. The van der Waals surface area contributed by atoms with Crippen molar-refractivity contribution in [3.8, 4) is 0 Å². The first kappa shape index (κ1) is 20.6. The molecule has 0 aliphatic carbocycles. The van der Waals surface area contributed by atoms with Crippen LogP contribution in [0.2, 0.25) is 0 Å². The zero-order valence-corrected chi connectivity index (χ0v) is 17.5. The summed E-state index contributed by atoms with van der Waals surface area (Å²) >= 11 is 0. The number of hydrogen-bond acceptors (Lipinski definition) is 3. The van der Waals surface area contributed by atoms with E-state index in [0.29, 0.717) is 11.3 Å². The number of aryl methyl sites for hydroxylation is 1. The van der Waals surface area contributed by atoms with Gasteiger partial charge in [-0.25, -0.2) is 8.42 Å². The minimum Gasteiger partial charge on any atom is -0.346 e. The van der Waals surface area contributed by atoms with Crippen molar-refractivity contribution in [1.29, 1.82) is 0 Å². The van der Waals surface area contributed by atoms with Crippen LogP contribution < -0.4 is 9.62 Å². The van der Waals surface area contributed by atoms with E-state index < -0.39 is 10.0 Å². The smallest absolute Gasteiger partial charge is 0.264 e. The third-order valence-electron chi connectivity index (χ3n) is 4.86. The molecule has 6 heteroatoms. The topological polar surface area (TPSA) is 66.5 Å². The van der Waals surface area contributed by atoms with Gasteiger partial charge in [0, 0.05) is 12.6 Å². The van der Waals surface area contributed by atoms with E-state index in [0.717, 1.165) is 11.1 Å². The number of nitrogens with one attached hydrogen (secondary N) is 1. The van der Waals surface area contributed by atoms with Crippen molar-refractivity contribution in [2.24, 2.45) is 0 Å². The Bertz CT molecular complexity index is 1100. The summed E-state index contributed by atoms with van der Waals surface area (Å²) in [5.41, 5.74) is 2.63. The van der Waals surface area contributed by atoms with Gasteiger partial charge in [-0.3, -0.25) is 9.10 Å². The fourth-order valence-electron chi connectivity index (χ4n) is 3.07. The molecular weight excluding hydrogens is 384 g/mol. The molecule has 0 heterocycles. The lowest BCUT2D eigenvalue weighted by molar-refractivity contribution is 0.0940. The van der Waals surface area contributed by atoms with Crippen molar-refractivity contribution in [3.05, 3.63) is 95.6 Å². The van der Waals surface area contributed by atoms with Gasteiger partial charge in [-0.1, -0.05) is 54.6 Å². The lowest BCUT2D eigenvalue weighted by Crippen LogP contribution is -2.29. The number of anilines is 1. The number of amides is 1. The zero-order chi connectivity index (χ0) is 21.0. The standard InChI is InChI=1S/C23H24N2O3S/c1-17-14-15-20(23(26)24-18(2)19-10-6-4-7-11-19)16-22(17)25(3)29(27,28)21-12-8-5-9-13-21/h4-16,18H,1-3H3,(H,24,26)/t18-/m1/s1. The molecule has 3 aromatic rings. The molecule has 0 aromatic heterocycles. The molecule has 1 atom stereocenters. The van der Waals surface area contributed by atoms with Crippen LogP contribution in [0.25, 0.3) is 0 Å². The number of hydrogen-bond donors (Lipinski definition) is 1. The Kier molecular flexibility index (Phi) is 6.03. The molecule has 0 aliphatic rings. The van der Waals surface area contributed by atoms with E-state index in [-0.39, 0.29) is 16.8 Å². The van der Waals surface area contributed by atoms with Crippen molar-refractivity contribution in [2.45, 2.75) is 24.8 Å². The highest BCUT2D eigenvalue weighted by molar-refractivity contribution is 7.92. The number of benzene rings is 3. The monoisotopic (exact) mass is 408 g/mol. The summed E-state index contributed by atoms with van der Waals surface area (Å²) in [6.45, 7) is 3.73. The highest BCUT2D eigenvalue weighted by Gasteiger charge is 2.23. The lowest BCUT2D eigenvalue weighted by atomic mass is 10.1. The maximum Gasteiger partial charge on any atom is 0.264 e. The summed E-state index contributed by atoms with van der Waals surface area (Å²) in [7, 11) is -2.22. The quantitative estimate of drug-likeness (QED) is 0.661. The molecule has 150 valence electrons. The van der Waals surface area contributed by atoms with Crippen LogP contribution >= 0.6 is 0 Å². The maximum absolute atomic E-state index is 13.0. The Morgan fingerprint density at radius 3 is 2.14 bits per heavy atom. The SMILES string of the molecule is Cc1ccc(C(=O)N[C@H](C)c2ccccc2)cc1N(C)S(=O)(=O)c1ccccc1. The molecule has 0 bridgehead atoms. The minimum absolute atomic E-state index is 0.167. The lowest BCUT2D eigenvalue weighted by Gasteiger charge is -2.22. The second-order valence-electron chi connectivity index (χ2n) is 6.89. The average Bonchev–Trinajstić information content (AvgIpc) is 2.74. The summed E-state index contributed by atoms with van der Waals surface area (Å²) in [5, 5.41) is 2.96. The van der Waals surface area contributed by atoms with E-state index in [1.165, 1.54) is 11.4 Å². The number of carbonyl (C=O) groups is 1. The van der Waals surface area contributed by atoms with Gasteiger partial charge in [-0.15, -0.1) is 0 Å². The molecule has 29 heavy (non-hydrogen) atoms. The summed E-state index contributed by atoms with van der Waals surface area (Å²) in [5.74, 6) is -0.256. The number of sulfonamides is 1. The summed E-state index contributed by atoms with van der Waals surface area (Å²) in [6, 6.07) is 22.8. The molecule has 0 radical (unpaired) electrons. The van der Waals surface area contributed by atoms with Gasteiger partial charge in [0.1, 0.15) is 0 Å². The zero-order valence-electron chi connectivity index (χ0n) is 16.7.